The molecule has 0 heterocycles. The summed E-state index contributed by atoms with van der Waals surface area (Å²) in [6.07, 6.45) is 4.13. The van der Waals surface area contributed by atoms with Gasteiger partial charge >= 0.3 is 0 Å². The van der Waals surface area contributed by atoms with E-state index in [4.69, 9.17) is 0 Å². The molecule has 0 aromatic heterocycles. The third kappa shape index (κ3) is 2.98. The molecular weight excluding hydrogens is 200 g/mol. The van der Waals surface area contributed by atoms with Gasteiger partial charge in [-0.1, -0.05) is 27.7 Å². The van der Waals surface area contributed by atoms with Crippen molar-refractivity contribution in [3.05, 3.63) is 0 Å². The van der Waals surface area contributed by atoms with Gasteiger partial charge in [0, 0.05) is 0 Å². The van der Waals surface area contributed by atoms with Gasteiger partial charge in [-0.2, -0.15) is 0 Å². The standard InChI is InChI=1S/C14H28O2/c1-5-14(16,6-2)13(15)12-8-10(3)7-11(4)9-12/h10-13,15-16H,5-9H2,1-4H3. The molecule has 0 aliphatic heterocycles. The van der Waals surface area contributed by atoms with Crippen LogP contribution in [0.3, 0.4) is 0 Å². The van der Waals surface area contributed by atoms with Crippen LogP contribution < -0.4 is 0 Å². The maximum atomic E-state index is 10.4. The maximum Gasteiger partial charge on any atom is 0.0903 e. The van der Waals surface area contributed by atoms with Crippen molar-refractivity contribution in [3.63, 3.8) is 0 Å². The van der Waals surface area contributed by atoms with Crippen LogP contribution in [0.5, 0.6) is 0 Å². The summed E-state index contributed by atoms with van der Waals surface area (Å²) >= 11 is 0. The Kier molecular flexibility index (Phi) is 4.81. The highest BCUT2D eigenvalue weighted by molar-refractivity contribution is 4.91. The zero-order valence-corrected chi connectivity index (χ0v) is 11.2. The molecule has 1 aliphatic rings. The Morgan fingerprint density at radius 3 is 1.88 bits per heavy atom. The van der Waals surface area contributed by atoms with Crippen molar-refractivity contribution in [1.29, 1.82) is 0 Å². The molecule has 3 atom stereocenters. The van der Waals surface area contributed by atoms with Gasteiger partial charge in [-0.05, 0) is 49.9 Å². The molecule has 16 heavy (non-hydrogen) atoms. The summed E-state index contributed by atoms with van der Waals surface area (Å²) in [6.45, 7) is 8.43. The van der Waals surface area contributed by atoms with Gasteiger partial charge < -0.3 is 10.2 Å². The van der Waals surface area contributed by atoms with Gasteiger partial charge in [-0.3, -0.25) is 0 Å². The van der Waals surface area contributed by atoms with Crippen molar-refractivity contribution in [2.45, 2.75) is 71.5 Å². The second-order valence-electron chi connectivity index (χ2n) is 5.93. The molecule has 0 aromatic carbocycles. The van der Waals surface area contributed by atoms with Crippen molar-refractivity contribution >= 4 is 0 Å². The predicted octanol–water partition coefficient (Wildman–Crippen LogP) is 2.97. The third-order valence-corrected chi connectivity index (χ3v) is 4.44. The average Bonchev–Trinajstić information content (AvgIpc) is 2.25. The number of rotatable bonds is 4. The van der Waals surface area contributed by atoms with Crippen LogP contribution in [-0.4, -0.2) is 21.9 Å². The second kappa shape index (κ2) is 5.50. The molecule has 0 saturated heterocycles. The lowest BCUT2D eigenvalue weighted by molar-refractivity contribution is -0.116. The van der Waals surface area contributed by atoms with Crippen LogP contribution in [0.15, 0.2) is 0 Å². The Hall–Kier alpha value is -0.0800. The van der Waals surface area contributed by atoms with Crippen LogP contribution in [0, 0.1) is 17.8 Å². The van der Waals surface area contributed by atoms with Crippen molar-refractivity contribution in [3.8, 4) is 0 Å². The molecule has 2 N–H and O–H groups in total. The van der Waals surface area contributed by atoms with Gasteiger partial charge in [0.15, 0.2) is 0 Å². The van der Waals surface area contributed by atoms with E-state index < -0.39 is 11.7 Å². The van der Waals surface area contributed by atoms with E-state index in [0.29, 0.717) is 24.7 Å². The quantitative estimate of drug-likeness (QED) is 0.776. The van der Waals surface area contributed by atoms with Crippen molar-refractivity contribution in [2.24, 2.45) is 17.8 Å². The van der Waals surface area contributed by atoms with Gasteiger partial charge in [0.2, 0.25) is 0 Å². The SMILES string of the molecule is CCC(O)(CC)C(O)C1CC(C)CC(C)C1. The monoisotopic (exact) mass is 228 g/mol. The normalized spacial score (nSPS) is 33.8. The lowest BCUT2D eigenvalue weighted by Crippen LogP contribution is -2.47. The lowest BCUT2D eigenvalue weighted by atomic mass is 9.70. The molecule has 3 unspecified atom stereocenters. The molecule has 2 nitrogen and oxygen atoms in total. The minimum absolute atomic E-state index is 0.281. The highest BCUT2D eigenvalue weighted by Gasteiger charge is 2.40. The summed E-state index contributed by atoms with van der Waals surface area (Å²) in [6, 6.07) is 0. The van der Waals surface area contributed by atoms with Crippen molar-refractivity contribution in [1.82, 2.24) is 0 Å². The van der Waals surface area contributed by atoms with E-state index >= 15 is 0 Å². The van der Waals surface area contributed by atoms with Crippen LogP contribution in [0.1, 0.15) is 59.8 Å². The molecule has 1 aliphatic carbocycles. The summed E-state index contributed by atoms with van der Waals surface area (Å²) in [4.78, 5) is 0. The Labute approximate surface area is 100 Å². The second-order valence-corrected chi connectivity index (χ2v) is 5.93. The summed E-state index contributed by atoms with van der Waals surface area (Å²) in [5.41, 5.74) is -0.874. The van der Waals surface area contributed by atoms with Gasteiger partial charge in [0.25, 0.3) is 0 Å². The van der Waals surface area contributed by atoms with Gasteiger partial charge in [-0.15, -0.1) is 0 Å². The predicted molar refractivity (Wildman–Crippen MR) is 67.2 cm³/mol. The third-order valence-electron chi connectivity index (χ3n) is 4.44. The number of aliphatic hydroxyl groups excluding tert-OH is 1. The van der Waals surface area contributed by atoms with Crippen molar-refractivity contribution < 1.29 is 10.2 Å². The van der Waals surface area contributed by atoms with Crippen LogP contribution in [0.4, 0.5) is 0 Å². The van der Waals surface area contributed by atoms with Crippen LogP contribution in [0.2, 0.25) is 0 Å². The Balaban J connectivity index is 2.68. The summed E-state index contributed by atoms with van der Waals surface area (Å²) < 4.78 is 0. The van der Waals surface area contributed by atoms with Crippen LogP contribution in [0.25, 0.3) is 0 Å². The molecule has 0 spiro atoms. The first-order chi connectivity index (χ1) is 7.42. The lowest BCUT2D eigenvalue weighted by Gasteiger charge is -2.41. The topological polar surface area (TPSA) is 40.5 Å². The zero-order chi connectivity index (χ0) is 12.3. The fraction of sp³-hybridized carbons (Fsp3) is 1.00. The van der Waals surface area contributed by atoms with E-state index in [1.807, 2.05) is 13.8 Å². The number of hydrogen-bond acceptors (Lipinski definition) is 2. The Bertz CT molecular complexity index is 201. The molecule has 1 saturated carbocycles. The molecule has 2 heteroatoms. The molecule has 0 aromatic rings. The largest absolute Gasteiger partial charge is 0.390 e. The van der Waals surface area contributed by atoms with Crippen LogP contribution >= 0.6 is 0 Å². The first-order valence-corrected chi connectivity index (χ1v) is 6.83. The van der Waals surface area contributed by atoms with Crippen LogP contribution in [-0.2, 0) is 0 Å². The van der Waals surface area contributed by atoms with E-state index in [2.05, 4.69) is 13.8 Å². The first-order valence-electron chi connectivity index (χ1n) is 6.83. The summed E-state index contributed by atoms with van der Waals surface area (Å²) in [5.74, 6) is 1.64. The fourth-order valence-electron chi connectivity index (χ4n) is 3.37. The Morgan fingerprint density at radius 2 is 1.50 bits per heavy atom. The molecule has 1 fully saturated rings. The Morgan fingerprint density at radius 1 is 1.06 bits per heavy atom. The first kappa shape index (κ1) is 14.0. The molecule has 1 rings (SSSR count). The number of aliphatic hydroxyl groups is 2. The molecule has 0 bridgehead atoms. The van der Waals surface area contributed by atoms with Gasteiger partial charge in [0.05, 0.1) is 11.7 Å². The smallest absolute Gasteiger partial charge is 0.0903 e. The van der Waals surface area contributed by atoms with Crippen molar-refractivity contribution in [2.75, 3.05) is 0 Å². The summed E-state index contributed by atoms with van der Waals surface area (Å²) in [5, 5.41) is 20.8. The molecule has 0 amide bonds. The maximum absolute atomic E-state index is 10.4. The molecule has 96 valence electrons. The van der Waals surface area contributed by atoms with E-state index in [9.17, 15) is 10.2 Å². The minimum Gasteiger partial charge on any atom is -0.390 e. The minimum atomic E-state index is -0.874. The zero-order valence-electron chi connectivity index (χ0n) is 11.2. The highest BCUT2D eigenvalue weighted by atomic mass is 16.3. The number of hydrogen-bond donors (Lipinski definition) is 2. The van der Waals surface area contributed by atoms with E-state index in [0.717, 1.165) is 12.8 Å². The van der Waals surface area contributed by atoms with Gasteiger partial charge in [-0.25, -0.2) is 0 Å². The van der Waals surface area contributed by atoms with E-state index in [1.54, 1.807) is 0 Å². The molecular formula is C14H28O2. The molecule has 0 radical (unpaired) electrons. The van der Waals surface area contributed by atoms with E-state index in [-0.39, 0.29) is 5.92 Å². The average molecular weight is 228 g/mol. The fourth-order valence-corrected chi connectivity index (χ4v) is 3.37. The summed E-state index contributed by atoms with van der Waals surface area (Å²) in [7, 11) is 0. The van der Waals surface area contributed by atoms with Gasteiger partial charge in [0.1, 0.15) is 0 Å². The highest BCUT2D eigenvalue weighted by Crippen LogP contribution is 2.38. The van der Waals surface area contributed by atoms with E-state index in [1.165, 1.54) is 6.42 Å².